The second-order valence-electron chi connectivity index (χ2n) is 5.92. The lowest BCUT2D eigenvalue weighted by molar-refractivity contribution is 0.0583. The highest BCUT2D eigenvalue weighted by molar-refractivity contribution is 5.94. The molecule has 4 nitrogen and oxygen atoms in total. The molecule has 0 radical (unpaired) electrons. The molecule has 1 aromatic heterocycles. The number of hydrogen-bond donors (Lipinski definition) is 1. The highest BCUT2D eigenvalue weighted by Crippen LogP contribution is 2.29. The molecule has 1 aliphatic heterocycles. The van der Waals surface area contributed by atoms with E-state index in [0.717, 1.165) is 25.9 Å². The number of aromatic nitrogens is 1. The zero-order valence-electron chi connectivity index (χ0n) is 12.0. The van der Waals surface area contributed by atoms with E-state index in [1.807, 2.05) is 4.90 Å². The van der Waals surface area contributed by atoms with Crippen molar-refractivity contribution in [2.75, 3.05) is 19.7 Å². The summed E-state index contributed by atoms with van der Waals surface area (Å²) in [6.07, 6.45) is 5.36. The monoisotopic (exact) mass is 272 g/mol. The number of hydrogen-bond acceptors (Lipinski definition) is 3. The van der Waals surface area contributed by atoms with E-state index < -0.39 is 0 Å². The van der Waals surface area contributed by atoms with Gasteiger partial charge in [-0.15, -0.1) is 0 Å². The van der Waals surface area contributed by atoms with Crippen molar-refractivity contribution in [2.24, 2.45) is 5.41 Å². The second-order valence-corrected chi connectivity index (χ2v) is 5.92. The van der Waals surface area contributed by atoms with Crippen LogP contribution in [0.15, 0.2) is 18.5 Å². The van der Waals surface area contributed by atoms with Crippen LogP contribution in [0.2, 0.25) is 0 Å². The number of carbonyl (C=O) groups is 1. The molecule has 0 unspecified atom stereocenters. The molecule has 1 fully saturated rings. The first-order chi connectivity index (χ1) is 9.52. The SMILES string of the molecule is CC1(C)CCCN(C(=O)c2cncc(C#CCO)c2)C1. The van der Waals surface area contributed by atoms with E-state index in [0.29, 0.717) is 11.1 Å². The molecule has 0 aliphatic carbocycles. The van der Waals surface area contributed by atoms with Gasteiger partial charge in [0.1, 0.15) is 6.61 Å². The maximum atomic E-state index is 12.5. The Kier molecular flexibility index (Phi) is 4.41. The largest absolute Gasteiger partial charge is 0.384 e. The van der Waals surface area contributed by atoms with Crippen molar-refractivity contribution in [1.29, 1.82) is 0 Å². The number of aliphatic hydroxyl groups excluding tert-OH is 1. The van der Waals surface area contributed by atoms with Crippen LogP contribution in [0, 0.1) is 17.3 Å². The van der Waals surface area contributed by atoms with Crippen molar-refractivity contribution in [1.82, 2.24) is 9.88 Å². The average molecular weight is 272 g/mol. The highest BCUT2D eigenvalue weighted by Gasteiger charge is 2.29. The Hall–Kier alpha value is -1.86. The molecule has 2 rings (SSSR count). The van der Waals surface area contributed by atoms with Crippen LogP contribution in [-0.2, 0) is 0 Å². The fourth-order valence-corrected chi connectivity index (χ4v) is 2.55. The van der Waals surface area contributed by atoms with E-state index >= 15 is 0 Å². The number of likely N-dealkylation sites (tertiary alicyclic amines) is 1. The first-order valence-corrected chi connectivity index (χ1v) is 6.86. The van der Waals surface area contributed by atoms with Crippen LogP contribution in [0.25, 0.3) is 0 Å². The Morgan fingerprint density at radius 2 is 2.30 bits per heavy atom. The van der Waals surface area contributed by atoms with Crippen LogP contribution in [0.4, 0.5) is 0 Å². The van der Waals surface area contributed by atoms with E-state index in [2.05, 4.69) is 30.7 Å². The van der Waals surface area contributed by atoms with Crippen LogP contribution < -0.4 is 0 Å². The van der Waals surface area contributed by atoms with Crippen molar-refractivity contribution in [3.8, 4) is 11.8 Å². The van der Waals surface area contributed by atoms with Crippen LogP contribution in [0.1, 0.15) is 42.6 Å². The van der Waals surface area contributed by atoms with Crippen molar-refractivity contribution in [3.63, 3.8) is 0 Å². The molecule has 0 bridgehead atoms. The van der Waals surface area contributed by atoms with Gasteiger partial charge in [0.05, 0.1) is 5.56 Å². The van der Waals surface area contributed by atoms with Crippen LogP contribution in [0.5, 0.6) is 0 Å². The minimum absolute atomic E-state index is 0.0120. The molecule has 1 N–H and O–H groups in total. The van der Waals surface area contributed by atoms with Gasteiger partial charge in [0.25, 0.3) is 5.91 Å². The number of nitrogens with zero attached hydrogens (tertiary/aromatic N) is 2. The molecule has 4 heteroatoms. The van der Waals surface area contributed by atoms with Gasteiger partial charge in [-0.1, -0.05) is 25.7 Å². The van der Waals surface area contributed by atoms with Gasteiger partial charge in [0, 0.05) is 31.0 Å². The van der Waals surface area contributed by atoms with Gasteiger partial charge in [-0.3, -0.25) is 9.78 Å². The third-order valence-electron chi connectivity index (χ3n) is 3.48. The Labute approximate surface area is 119 Å². The molecule has 1 aromatic rings. The summed E-state index contributed by atoms with van der Waals surface area (Å²) in [5.41, 5.74) is 1.39. The summed E-state index contributed by atoms with van der Waals surface area (Å²) in [5.74, 6) is 5.35. The summed E-state index contributed by atoms with van der Waals surface area (Å²) in [4.78, 5) is 18.5. The van der Waals surface area contributed by atoms with Crippen molar-refractivity contribution in [3.05, 3.63) is 29.6 Å². The average Bonchev–Trinajstić information content (AvgIpc) is 2.43. The van der Waals surface area contributed by atoms with Crippen LogP contribution >= 0.6 is 0 Å². The number of rotatable bonds is 1. The molecule has 0 spiro atoms. The molecule has 1 amide bonds. The number of aliphatic hydroxyl groups is 1. The molecule has 2 heterocycles. The van der Waals surface area contributed by atoms with E-state index in [-0.39, 0.29) is 17.9 Å². The van der Waals surface area contributed by atoms with Crippen molar-refractivity contribution >= 4 is 5.91 Å². The lowest BCUT2D eigenvalue weighted by Crippen LogP contribution is -2.43. The molecular weight excluding hydrogens is 252 g/mol. The zero-order chi connectivity index (χ0) is 14.6. The van der Waals surface area contributed by atoms with Gasteiger partial charge >= 0.3 is 0 Å². The normalized spacial score (nSPS) is 17.2. The summed E-state index contributed by atoms with van der Waals surface area (Å²) in [6, 6.07) is 1.74. The minimum atomic E-state index is -0.196. The second kappa shape index (κ2) is 6.06. The fraction of sp³-hybridized carbons (Fsp3) is 0.500. The predicted molar refractivity (Wildman–Crippen MR) is 77.1 cm³/mol. The van der Waals surface area contributed by atoms with Gasteiger partial charge in [-0.05, 0) is 24.3 Å². The molecule has 20 heavy (non-hydrogen) atoms. The highest BCUT2D eigenvalue weighted by atomic mass is 16.2. The van der Waals surface area contributed by atoms with E-state index in [1.165, 1.54) is 0 Å². The third-order valence-corrected chi connectivity index (χ3v) is 3.48. The smallest absolute Gasteiger partial charge is 0.255 e. The van der Waals surface area contributed by atoms with Gasteiger partial charge < -0.3 is 10.0 Å². The van der Waals surface area contributed by atoms with E-state index in [9.17, 15) is 4.79 Å². The number of carbonyl (C=O) groups excluding carboxylic acids is 1. The Bertz CT molecular complexity index is 555. The Balaban J connectivity index is 2.16. The van der Waals surface area contributed by atoms with Crippen LogP contribution in [0.3, 0.4) is 0 Å². The zero-order valence-corrected chi connectivity index (χ0v) is 12.0. The van der Waals surface area contributed by atoms with E-state index in [4.69, 9.17) is 5.11 Å². The van der Waals surface area contributed by atoms with Crippen LogP contribution in [-0.4, -0.2) is 40.6 Å². The number of piperidine rings is 1. The van der Waals surface area contributed by atoms with E-state index in [1.54, 1.807) is 18.5 Å². The molecule has 1 aliphatic rings. The number of pyridine rings is 1. The lowest BCUT2D eigenvalue weighted by Gasteiger charge is -2.38. The quantitative estimate of drug-likeness (QED) is 0.792. The fourth-order valence-electron chi connectivity index (χ4n) is 2.55. The van der Waals surface area contributed by atoms with Gasteiger partial charge in [0.15, 0.2) is 0 Å². The van der Waals surface area contributed by atoms with Gasteiger partial charge in [0.2, 0.25) is 0 Å². The lowest BCUT2D eigenvalue weighted by atomic mass is 9.84. The Morgan fingerprint density at radius 1 is 1.50 bits per heavy atom. The molecule has 1 saturated heterocycles. The number of amides is 1. The van der Waals surface area contributed by atoms with Crippen molar-refractivity contribution < 1.29 is 9.90 Å². The topological polar surface area (TPSA) is 53.4 Å². The third kappa shape index (κ3) is 3.58. The molecule has 0 atom stereocenters. The maximum absolute atomic E-state index is 12.5. The summed E-state index contributed by atoms with van der Waals surface area (Å²) in [7, 11) is 0. The first kappa shape index (κ1) is 14.5. The summed E-state index contributed by atoms with van der Waals surface area (Å²) in [5, 5.41) is 8.70. The summed E-state index contributed by atoms with van der Waals surface area (Å²) >= 11 is 0. The minimum Gasteiger partial charge on any atom is -0.384 e. The van der Waals surface area contributed by atoms with Crippen molar-refractivity contribution in [2.45, 2.75) is 26.7 Å². The molecular formula is C16H20N2O2. The van der Waals surface area contributed by atoms with Gasteiger partial charge in [-0.25, -0.2) is 0 Å². The van der Waals surface area contributed by atoms with Gasteiger partial charge in [-0.2, -0.15) is 0 Å². The summed E-state index contributed by atoms with van der Waals surface area (Å²) < 4.78 is 0. The first-order valence-electron chi connectivity index (χ1n) is 6.86. The standard InChI is InChI=1S/C16H20N2O2/c1-16(2)6-4-7-18(12-16)15(20)14-9-13(5-3-8-19)10-17-11-14/h9-11,19H,4,6-8,12H2,1-2H3. The predicted octanol–water partition coefficient (Wildman–Crippen LogP) is 1.69. The summed E-state index contributed by atoms with van der Waals surface area (Å²) in [6.45, 7) is 5.76. The maximum Gasteiger partial charge on any atom is 0.255 e. The molecule has 0 saturated carbocycles. The Morgan fingerprint density at radius 3 is 3.00 bits per heavy atom. The molecule has 0 aromatic carbocycles. The molecule has 106 valence electrons.